The molecule has 3 amide bonds. The summed E-state index contributed by atoms with van der Waals surface area (Å²) in [6, 6.07) is 7.12. The van der Waals surface area contributed by atoms with Crippen molar-refractivity contribution in [1.29, 1.82) is 0 Å². The number of nitrogens with zero attached hydrogens (tertiary/aromatic N) is 1. The van der Waals surface area contributed by atoms with Gasteiger partial charge in [-0.15, -0.1) is 6.58 Å². The number of aryl methyl sites for hydroxylation is 1. The average Bonchev–Trinajstić information content (AvgIpc) is 2.76. The van der Waals surface area contributed by atoms with E-state index in [-0.39, 0.29) is 17.7 Å². The number of nitrogens with one attached hydrogen (secondary N) is 1. The van der Waals surface area contributed by atoms with E-state index in [2.05, 4.69) is 11.9 Å². The van der Waals surface area contributed by atoms with E-state index in [1.807, 2.05) is 38.1 Å². The third-order valence-electron chi connectivity index (χ3n) is 5.33. The maximum Gasteiger partial charge on any atom is 0.249 e. The predicted octanol–water partition coefficient (Wildman–Crippen LogP) is 2.42. The molecule has 1 aromatic carbocycles. The molecule has 28 heavy (non-hydrogen) atoms. The second kappa shape index (κ2) is 9.53. The number of likely N-dealkylation sites (N-methyl/N-ethyl adjacent to an activating group) is 1. The van der Waals surface area contributed by atoms with Crippen molar-refractivity contribution in [2.75, 3.05) is 11.9 Å². The van der Waals surface area contributed by atoms with Crippen LogP contribution in [-0.4, -0.2) is 30.8 Å². The highest BCUT2D eigenvalue weighted by Crippen LogP contribution is 2.28. The summed E-state index contributed by atoms with van der Waals surface area (Å²) in [7, 11) is 1.72. The molecule has 1 aromatic rings. The van der Waals surface area contributed by atoms with Crippen molar-refractivity contribution in [3.05, 3.63) is 42.5 Å². The lowest BCUT2D eigenvalue weighted by atomic mass is 9.82. The standard InChI is InChI=1S/C22H31N3O3/c1-5-8-16(20(23)26)17(13-14(2)3)21(27)24-18-12-11-15-9-6-7-10-19(15)25(4)22(18)28/h5-7,9-10,14,16-18H,1,8,11-13H2,2-4H3,(H2,23,26)(H,24,27). The fourth-order valence-electron chi connectivity index (χ4n) is 3.86. The van der Waals surface area contributed by atoms with Gasteiger partial charge in [0.25, 0.3) is 0 Å². The summed E-state index contributed by atoms with van der Waals surface area (Å²) < 4.78 is 0. The molecule has 0 aromatic heterocycles. The van der Waals surface area contributed by atoms with Gasteiger partial charge in [-0.2, -0.15) is 0 Å². The van der Waals surface area contributed by atoms with Crippen LogP contribution in [0.5, 0.6) is 0 Å². The van der Waals surface area contributed by atoms with Gasteiger partial charge in [0.1, 0.15) is 6.04 Å². The van der Waals surface area contributed by atoms with Crippen LogP contribution in [-0.2, 0) is 20.8 Å². The minimum atomic E-state index is -0.629. The fourth-order valence-corrected chi connectivity index (χ4v) is 3.86. The zero-order valence-corrected chi connectivity index (χ0v) is 17.0. The van der Waals surface area contributed by atoms with Crippen molar-refractivity contribution in [2.45, 2.75) is 45.6 Å². The van der Waals surface area contributed by atoms with Gasteiger partial charge in [-0.1, -0.05) is 38.1 Å². The number of amides is 3. The number of hydrogen-bond donors (Lipinski definition) is 2. The molecular formula is C22H31N3O3. The summed E-state index contributed by atoms with van der Waals surface area (Å²) in [5.74, 6) is -1.97. The first-order chi connectivity index (χ1) is 13.3. The average molecular weight is 386 g/mol. The van der Waals surface area contributed by atoms with Crippen molar-refractivity contribution in [3.63, 3.8) is 0 Å². The lowest BCUT2D eigenvalue weighted by molar-refractivity contribution is -0.135. The van der Waals surface area contributed by atoms with Crippen LogP contribution in [0, 0.1) is 17.8 Å². The number of benzene rings is 1. The molecule has 0 aliphatic carbocycles. The summed E-state index contributed by atoms with van der Waals surface area (Å²) in [4.78, 5) is 39.5. The highest BCUT2D eigenvalue weighted by atomic mass is 16.2. The van der Waals surface area contributed by atoms with Gasteiger partial charge in [0.2, 0.25) is 17.7 Å². The van der Waals surface area contributed by atoms with Gasteiger partial charge in [0.15, 0.2) is 0 Å². The molecule has 0 radical (unpaired) electrons. The summed E-state index contributed by atoms with van der Waals surface area (Å²) in [5, 5.41) is 2.90. The first-order valence-electron chi connectivity index (χ1n) is 9.82. The number of fused-ring (bicyclic) bond motifs is 1. The lowest BCUT2D eigenvalue weighted by Crippen LogP contribution is -2.50. The van der Waals surface area contributed by atoms with Gasteiger partial charge in [0, 0.05) is 12.7 Å². The molecule has 3 atom stereocenters. The number of carbonyl (C=O) groups is 3. The van der Waals surface area contributed by atoms with E-state index >= 15 is 0 Å². The molecule has 1 aliphatic rings. The molecule has 1 aliphatic heterocycles. The lowest BCUT2D eigenvalue weighted by Gasteiger charge is -2.28. The number of para-hydroxylation sites is 1. The molecule has 0 saturated heterocycles. The van der Waals surface area contributed by atoms with Gasteiger partial charge in [-0.05, 0) is 43.2 Å². The number of carbonyl (C=O) groups excluding carboxylic acids is 3. The van der Waals surface area contributed by atoms with Gasteiger partial charge >= 0.3 is 0 Å². The minimum Gasteiger partial charge on any atom is -0.369 e. The zero-order valence-electron chi connectivity index (χ0n) is 17.0. The third kappa shape index (κ3) is 5.00. The van der Waals surface area contributed by atoms with Crippen LogP contribution in [0.1, 0.15) is 38.7 Å². The minimum absolute atomic E-state index is 0.152. The number of allylic oxidation sites excluding steroid dienone is 1. The van der Waals surface area contributed by atoms with Gasteiger partial charge < -0.3 is 16.0 Å². The molecule has 6 heteroatoms. The Morgan fingerprint density at radius 3 is 2.61 bits per heavy atom. The summed E-state index contributed by atoms with van der Waals surface area (Å²) >= 11 is 0. The Morgan fingerprint density at radius 1 is 1.32 bits per heavy atom. The maximum absolute atomic E-state index is 13.1. The van der Waals surface area contributed by atoms with Crippen LogP contribution in [0.15, 0.2) is 36.9 Å². The topological polar surface area (TPSA) is 92.5 Å². The molecule has 2 rings (SSSR count). The third-order valence-corrected chi connectivity index (χ3v) is 5.33. The molecule has 152 valence electrons. The maximum atomic E-state index is 13.1. The van der Waals surface area contributed by atoms with Gasteiger partial charge in [-0.25, -0.2) is 0 Å². The van der Waals surface area contributed by atoms with Crippen molar-refractivity contribution >= 4 is 23.4 Å². The van der Waals surface area contributed by atoms with Crippen molar-refractivity contribution in [1.82, 2.24) is 5.32 Å². The van der Waals surface area contributed by atoms with Crippen LogP contribution < -0.4 is 16.0 Å². The molecular weight excluding hydrogens is 354 g/mol. The fraction of sp³-hybridized carbons (Fsp3) is 0.500. The normalized spacial score (nSPS) is 18.8. The molecule has 3 unspecified atom stereocenters. The van der Waals surface area contributed by atoms with E-state index in [0.29, 0.717) is 25.7 Å². The highest BCUT2D eigenvalue weighted by Gasteiger charge is 2.35. The zero-order chi connectivity index (χ0) is 20.8. The molecule has 3 N–H and O–H groups in total. The predicted molar refractivity (Wildman–Crippen MR) is 111 cm³/mol. The van der Waals surface area contributed by atoms with E-state index in [4.69, 9.17) is 5.73 Å². The second-order valence-electron chi connectivity index (χ2n) is 7.90. The second-order valence-corrected chi connectivity index (χ2v) is 7.90. The van der Waals surface area contributed by atoms with Crippen molar-refractivity contribution < 1.29 is 14.4 Å². The van der Waals surface area contributed by atoms with Crippen molar-refractivity contribution in [3.8, 4) is 0 Å². The Bertz CT molecular complexity index is 744. The van der Waals surface area contributed by atoms with Gasteiger partial charge in [0.05, 0.1) is 11.8 Å². The number of hydrogen-bond acceptors (Lipinski definition) is 3. The quantitative estimate of drug-likeness (QED) is 0.673. The van der Waals surface area contributed by atoms with E-state index < -0.39 is 23.8 Å². The summed E-state index contributed by atoms with van der Waals surface area (Å²) in [5.41, 5.74) is 7.50. The number of nitrogens with two attached hydrogens (primary N) is 1. The Kier molecular flexibility index (Phi) is 7.38. The first-order valence-corrected chi connectivity index (χ1v) is 9.82. The van der Waals surface area contributed by atoms with E-state index in [1.54, 1.807) is 18.0 Å². The molecule has 0 saturated carbocycles. The van der Waals surface area contributed by atoms with E-state index in [0.717, 1.165) is 11.3 Å². The number of rotatable bonds is 8. The molecule has 1 heterocycles. The highest BCUT2D eigenvalue weighted by molar-refractivity contribution is 6.00. The Hall–Kier alpha value is -2.63. The number of primary amides is 1. The van der Waals surface area contributed by atoms with Crippen LogP contribution in [0.2, 0.25) is 0 Å². The number of anilines is 1. The Morgan fingerprint density at radius 2 is 2.00 bits per heavy atom. The van der Waals surface area contributed by atoms with Crippen LogP contribution in [0.25, 0.3) is 0 Å². The molecule has 6 nitrogen and oxygen atoms in total. The SMILES string of the molecule is C=CCC(C(N)=O)C(CC(C)C)C(=O)NC1CCc2ccccc2N(C)C1=O. The monoisotopic (exact) mass is 385 g/mol. The largest absolute Gasteiger partial charge is 0.369 e. The molecule has 0 bridgehead atoms. The molecule has 0 fully saturated rings. The Labute approximate surface area is 167 Å². The first kappa shape index (κ1) is 21.7. The van der Waals surface area contributed by atoms with E-state index in [9.17, 15) is 14.4 Å². The van der Waals surface area contributed by atoms with Crippen molar-refractivity contribution in [2.24, 2.45) is 23.5 Å². The van der Waals surface area contributed by atoms with Gasteiger partial charge in [-0.3, -0.25) is 14.4 Å². The summed E-state index contributed by atoms with van der Waals surface area (Å²) in [6.45, 7) is 7.66. The van der Waals surface area contributed by atoms with Crippen LogP contribution in [0.4, 0.5) is 5.69 Å². The smallest absolute Gasteiger partial charge is 0.249 e. The van der Waals surface area contributed by atoms with Crippen LogP contribution >= 0.6 is 0 Å². The Balaban J connectivity index is 2.21. The van der Waals surface area contributed by atoms with Crippen LogP contribution in [0.3, 0.4) is 0 Å². The van der Waals surface area contributed by atoms with E-state index in [1.165, 1.54) is 0 Å². The molecule has 0 spiro atoms. The summed E-state index contributed by atoms with van der Waals surface area (Å²) in [6.07, 6.45) is 3.67.